The number of rotatable bonds is 11. The second-order valence-electron chi connectivity index (χ2n) is 8.22. The highest BCUT2D eigenvalue weighted by molar-refractivity contribution is 5.43. The van der Waals surface area contributed by atoms with Gasteiger partial charge in [-0.2, -0.15) is 0 Å². The quantitative estimate of drug-likeness (QED) is 0.553. The highest BCUT2D eigenvalue weighted by atomic mass is 16.5. The van der Waals surface area contributed by atoms with Gasteiger partial charge in [0.2, 0.25) is 0 Å². The van der Waals surface area contributed by atoms with Gasteiger partial charge in [-0.05, 0) is 69.1 Å². The molecule has 0 radical (unpaired) electrons. The summed E-state index contributed by atoms with van der Waals surface area (Å²) in [4.78, 5) is 2.32. The summed E-state index contributed by atoms with van der Waals surface area (Å²) in [6, 6.07) is 14.7. The number of β-amino-alcohol motifs (C(OH)–C–C–N with tert-alkyl or cyclic N) is 1. The monoisotopic (exact) mass is 412 g/mol. The van der Waals surface area contributed by atoms with Crippen LogP contribution in [0.2, 0.25) is 0 Å². The molecule has 164 valence electrons. The minimum absolute atomic E-state index is 0.275. The molecule has 1 atom stereocenters. The molecule has 1 aliphatic rings. The Hall–Kier alpha value is -2.08. The van der Waals surface area contributed by atoms with Crippen molar-refractivity contribution < 1.29 is 14.6 Å². The van der Waals surface area contributed by atoms with Gasteiger partial charge in [0, 0.05) is 13.1 Å². The van der Waals surface area contributed by atoms with Crippen molar-refractivity contribution in [3.05, 3.63) is 59.2 Å². The molecule has 0 spiro atoms. The maximum atomic E-state index is 10.4. The number of likely N-dealkylation sites (tertiary alicyclic amines) is 1. The molecular formula is C25H36N2O3. The van der Waals surface area contributed by atoms with Crippen molar-refractivity contribution >= 4 is 0 Å². The average molecular weight is 413 g/mol. The van der Waals surface area contributed by atoms with Gasteiger partial charge in [-0.25, -0.2) is 0 Å². The van der Waals surface area contributed by atoms with E-state index in [4.69, 9.17) is 9.47 Å². The molecule has 2 aromatic carbocycles. The number of aliphatic hydroxyl groups excluding tert-OH is 1. The number of hydrogen-bond donors (Lipinski definition) is 2. The van der Waals surface area contributed by atoms with E-state index in [1.54, 1.807) is 7.11 Å². The van der Waals surface area contributed by atoms with E-state index in [9.17, 15) is 5.11 Å². The molecule has 0 aliphatic carbocycles. The minimum Gasteiger partial charge on any atom is -0.493 e. The van der Waals surface area contributed by atoms with E-state index in [0.717, 1.165) is 38.2 Å². The van der Waals surface area contributed by atoms with E-state index in [1.807, 2.05) is 12.1 Å². The summed E-state index contributed by atoms with van der Waals surface area (Å²) in [6.45, 7) is 6.88. The lowest BCUT2D eigenvalue weighted by atomic mass is 10.1. The summed E-state index contributed by atoms with van der Waals surface area (Å²) in [6.07, 6.45) is 4.25. The maximum Gasteiger partial charge on any atom is 0.161 e. The molecule has 1 fully saturated rings. The molecule has 0 bridgehead atoms. The Morgan fingerprint density at radius 3 is 2.47 bits per heavy atom. The summed E-state index contributed by atoms with van der Waals surface area (Å²) in [5, 5.41) is 13.9. The number of nitrogens with zero attached hydrogens (tertiary/aromatic N) is 1. The van der Waals surface area contributed by atoms with Gasteiger partial charge in [-0.3, -0.25) is 0 Å². The van der Waals surface area contributed by atoms with Crippen LogP contribution in [0, 0.1) is 6.92 Å². The summed E-state index contributed by atoms with van der Waals surface area (Å²) in [5.74, 6) is 1.39. The second kappa shape index (κ2) is 11.9. The van der Waals surface area contributed by atoms with Gasteiger partial charge in [0.15, 0.2) is 11.5 Å². The minimum atomic E-state index is -0.496. The van der Waals surface area contributed by atoms with Crippen LogP contribution < -0.4 is 14.8 Å². The van der Waals surface area contributed by atoms with Crippen molar-refractivity contribution in [3.8, 4) is 11.5 Å². The summed E-state index contributed by atoms with van der Waals surface area (Å²) >= 11 is 0. The first-order chi connectivity index (χ1) is 14.6. The number of nitrogens with one attached hydrogen (secondary N) is 1. The molecule has 5 nitrogen and oxygen atoms in total. The SMILES string of the molecule is COc1ccc(CNCCc2ccc(C)cc2)cc1OC[C@H](O)CN1CCCCC1. The number of aliphatic hydroxyl groups is 1. The van der Waals surface area contributed by atoms with Gasteiger partial charge in [0.05, 0.1) is 7.11 Å². The number of ether oxygens (including phenoxy) is 2. The molecule has 2 aromatic rings. The fraction of sp³-hybridized carbons (Fsp3) is 0.520. The van der Waals surface area contributed by atoms with E-state index < -0.39 is 6.10 Å². The largest absolute Gasteiger partial charge is 0.493 e. The third-order valence-corrected chi connectivity index (χ3v) is 5.62. The van der Waals surface area contributed by atoms with Gasteiger partial charge in [0.25, 0.3) is 0 Å². The van der Waals surface area contributed by atoms with Gasteiger partial charge < -0.3 is 24.8 Å². The fourth-order valence-electron chi connectivity index (χ4n) is 3.84. The van der Waals surface area contributed by atoms with Crippen LogP contribution in [0.1, 0.15) is 36.0 Å². The summed E-state index contributed by atoms with van der Waals surface area (Å²) in [7, 11) is 1.64. The maximum absolute atomic E-state index is 10.4. The van der Waals surface area contributed by atoms with Crippen molar-refractivity contribution in [2.45, 2.75) is 45.3 Å². The van der Waals surface area contributed by atoms with Crippen LogP contribution in [0.3, 0.4) is 0 Å². The number of piperidine rings is 1. The first-order valence-corrected chi connectivity index (χ1v) is 11.1. The Morgan fingerprint density at radius 2 is 1.73 bits per heavy atom. The van der Waals surface area contributed by atoms with E-state index in [1.165, 1.54) is 30.4 Å². The third-order valence-electron chi connectivity index (χ3n) is 5.62. The first-order valence-electron chi connectivity index (χ1n) is 11.1. The van der Waals surface area contributed by atoms with Crippen LogP contribution in [-0.4, -0.2) is 56.0 Å². The summed E-state index contributed by atoms with van der Waals surface area (Å²) in [5.41, 5.74) is 3.77. The van der Waals surface area contributed by atoms with Gasteiger partial charge in [-0.15, -0.1) is 0 Å². The molecule has 0 aromatic heterocycles. The zero-order chi connectivity index (χ0) is 21.2. The third kappa shape index (κ3) is 7.31. The van der Waals surface area contributed by atoms with E-state index in [0.29, 0.717) is 18.0 Å². The molecule has 5 heteroatoms. The number of benzene rings is 2. The van der Waals surface area contributed by atoms with Crippen molar-refractivity contribution in [2.24, 2.45) is 0 Å². The van der Waals surface area contributed by atoms with Crippen LogP contribution >= 0.6 is 0 Å². The Bertz CT molecular complexity index is 757. The molecule has 3 rings (SSSR count). The second-order valence-corrected chi connectivity index (χ2v) is 8.22. The molecule has 0 amide bonds. The lowest BCUT2D eigenvalue weighted by molar-refractivity contribution is 0.0608. The highest BCUT2D eigenvalue weighted by Gasteiger charge is 2.16. The molecule has 0 saturated carbocycles. The summed E-state index contributed by atoms with van der Waals surface area (Å²) < 4.78 is 11.4. The number of aryl methyl sites for hydroxylation is 1. The molecule has 0 unspecified atom stereocenters. The van der Waals surface area contributed by atoms with Crippen LogP contribution in [0.5, 0.6) is 11.5 Å². The standard InChI is InChI=1S/C25H36N2O3/c1-20-6-8-21(9-7-20)12-13-26-17-22-10-11-24(29-2)25(16-22)30-19-23(28)18-27-14-4-3-5-15-27/h6-11,16,23,26,28H,3-5,12-15,17-19H2,1-2H3/t23-/m1/s1. The highest BCUT2D eigenvalue weighted by Crippen LogP contribution is 2.28. The normalized spacial score (nSPS) is 15.7. The van der Waals surface area contributed by atoms with Crippen LogP contribution in [-0.2, 0) is 13.0 Å². The van der Waals surface area contributed by atoms with Crippen LogP contribution in [0.15, 0.2) is 42.5 Å². The van der Waals surface area contributed by atoms with E-state index in [2.05, 4.69) is 47.5 Å². The molecule has 2 N–H and O–H groups in total. The molecule has 1 heterocycles. The number of hydrogen-bond acceptors (Lipinski definition) is 5. The number of methoxy groups -OCH3 is 1. The van der Waals surface area contributed by atoms with Crippen molar-refractivity contribution in [1.82, 2.24) is 10.2 Å². The molecule has 1 aliphatic heterocycles. The zero-order valence-corrected chi connectivity index (χ0v) is 18.4. The van der Waals surface area contributed by atoms with Crippen molar-refractivity contribution in [2.75, 3.05) is 39.9 Å². The smallest absolute Gasteiger partial charge is 0.161 e. The first kappa shape index (κ1) is 22.6. The Balaban J connectivity index is 1.45. The Kier molecular flexibility index (Phi) is 9.00. The van der Waals surface area contributed by atoms with E-state index in [-0.39, 0.29) is 6.61 Å². The van der Waals surface area contributed by atoms with Crippen molar-refractivity contribution in [3.63, 3.8) is 0 Å². The molecular weight excluding hydrogens is 376 g/mol. The van der Waals surface area contributed by atoms with Gasteiger partial charge in [-0.1, -0.05) is 42.3 Å². The van der Waals surface area contributed by atoms with Gasteiger partial charge in [0.1, 0.15) is 12.7 Å². The zero-order valence-electron chi connectivity index (χ0n) is 18.4. The Morgan fingerprint density at radius 1 is 1.00 bits per heavy atom. The molecule has 1 saturated heterocycles. The Labute approximate surface area is 181 Å². The lowest BCUT2D eigenvalue weighted by Gasteiger charge is -2.28. The van der Waals surface area contributed by atoms with Crippen molar-refractivity contribution in [1.29, 1.82) is 0 Å². The van der Waals surface area contributed by atoms with Crippen LogP contribution in [0.25, 0.3) is 0 Å². The predicted octanol–water partition coefficient (Wildman–Crippen LogP) is 3.56. The fourth-order valence-corrected chi connectivity index (χ4v) is 3.84. The average Bonchev–Trinajstić information content (AvgIpc) is 2.77. The molecule has 30 heavy (non-hydrogen) atoms. The van der Waals surface area contributed by atoms with E-state index >= 15 is 0 Å². The topological polar surface area (TPSA) is 54.0 Å². The lowest BCUT2D eigenvalue weighted by Crippen LogP contribution is -2.38. The van der Waals surface area contributed by atoms with Gasteiger partial charge >= 0.3 is 0 Å². The van der Waals surface area contributed by atoms with Crippen LogP contribution in [0.4, 0.5) is 0 Å². The predicted molar refractivity (Wildman–Crippen MR) is 121 cm³/mol.